The highest BCUT2D eigenvalue weighted by molar-refractivity contribution is 9.10. The van der Waals surface area contributed by atoms with Gasteiger partial charge in [0.2, 0.25) is 0 Å². The Morgan fingerprint density at radius 3 is 2.67 bits per heavy atom. The molecule has 0 fully saturated rings. The highest BCUT2D eigenvalue weighted by atomic mass is 79.9. The van der Waals surface area contributed by atoms with Crippen LogP contribution in [0.1, 0.15) is 50.1 Å². The van der Waals surface area contributed by atoms with Gasteiger partial charge in [0, 0.05) is 22.1 Å². The Morgan fingerprint density at radius 2 is 2.00 bits per heavy atom. The van der Waals surface area contributed by atoms with E-state index >= 15 is 0 Å². The average molecular weight is 372 g/mol. The molecular weight excluding hydrogens is 352 g/mol. The smallest absolute Gasteiger partial charge is 0.0857 e. The molecule has 0 spiro atoms. The van der Waals surface area contributed by atoms with Crippen LogP contribution in [0.2, 0.25) is 5.02 Å². The number of aliphatic hydroxyl groups excluding tert-OH is 1. The summed E-state index contributed by atoms with van der Waals surface area (Å²) >= 11 is 9.45. The van der Waals surface area contributed by atoms with Crippen LogP contribution in [0.5, 0.6) is 0 Å². The summed E-state index contributed by atoms with van der Waals surface area (Å²) < 4.78 is 2.86. The number of rotatable bonds is 6. The third-order valence-corrected chi connectivity index (χ3v) is 4.66. The fraction of sp³-hybridized carbons (Fsp3) is 0.438. The first-order valence-corrected chi connectivity index (χ1v) is 8.39. The minimum absolute atomic E-state index is 0.425. The lowest BCUT2D eigenvalue weighted by Crippen LogP contribution is -2.09. The van der Waals surface area contributed by atoms with Crippen molar-refractivity contribution in [2.24, 2.45) is 0 Å². The first-order chi connectivity index (χ1) is 10.0. The van der Waals surface area contributed by atoms with Crippen molar-refractivity contribution in [1.29, 1.82) is 0 Å². The third kappa shape index (κ3) is 4.09. The van der Waals surface area contributed by atoms with Crippen LogP contribution in [0.15, 0.2) is 34.9 Å². The largest absolute Gasteiger partial charge is 0.388 e. The zero-order valence-electron chi connectivity index (χ0n) is 12.3. The SMILES string of the molecule is CCC(CC)n1ccc(CC(O)c2cc(Cl)ccc2Br)n1. The van der Waals surface area contributed by atoms with E-state index in [0.29, 0.717) is 17.5 Å². The second-order valence-corrected chi connectivity index (χ2v) is 6.43. The number of nitrogens with zero attached hydrogens (tertiary/aromatic N) is 2. The van der Waals surface area contributed by atoms with Gasteiger partial charge in [-0.2, -0.15) is 5.10 Å². The lowest BCUT2D eigenvalue weighted by atomic mass is 10.1. The van der Waals surface area contributed by atoms with Crippen LogP contribution in [0, 0.1) is 0 Å². The fourth-order valence-electron chi connectivity index (χ4n) is 2.43. The van der Waals surface area contributed by atoms with E-state index in [1.54, 1.807) is 12.1 Å². The Hall–Kier alpha value is -0.840. The summed E-state index contributed by atoms with van der Waals surface area (Å²) in [6.45, 7) is 4.32. The highest BCUT2D eigenvalue weighted by Crippen LogP contribution is 2.28. The van der Waals surface area contributed by atoms with Gasteiger partial charge in [-0.3, -0.25) is 4.68 Å². The summed E-state index contributed by atoms with van der Waals surface area (Å²) in [6, 6.07) is 7.83. The molecule has 114 valence electrons. The van der Waals surface area contributed by atoms with E-state index in [1.165, 1.54) is 0 Å². The van der Waals surface area contributed by atoms with E-state index in [4.69, 9.17) is 11.6 Å². The van der Waals surface area contributed by atoms with Crippen molar-refractivity contribution in [1.82, 2.24) is 9.78 Å². The number of benzene rings is 1. The molecule has 1 atom stereocenters. The minimum atomic E-state index is -0.622. The van der Waals surface area contributed by atoms with E-state index in [9.17, 15) is 5.11 Å². The monoisotopic (exact) mass is 370 g/mol. The molecule has 1 heterocycles. The quantitative estimate of drug-likeness (QED) is 0.781. The van der Waals surface area contributed by atoms with Crippen LogP contribution in [0.4, 0.5) is 0 Å². The molecule has 0 saturated heterocycles. The predicted molar refractivity (Wildman–Crippen MR) is 89.7 cm³/mol. The number of aliphatic hydroxyl groups is 1. The van der Waals surface area contributed by atoms with Crippen LogP contribution < -0.4 is 0 Å². The van der Waals surface area contributed by atoms with Crippen molar-refractivity contribution in [3.8, 4) is 0 Å². The Bertz CT molecular complexity index is 596. The lowest BCUT2D eigenvalue weighted by molar-refractivity contribution is 0.176. The summed E-state index contributed by atoms with van der Waals surface area (Å²) in [5, 5.41) is 15.6. The summed E-state index contributed by atoms with van der Waals surface area (Å²) in [4.78, 5) is 0. The van der Waals surface area contributed by atoms with Crippen LogP contribution in [0.3, 0.4) is 0 Å². The molecule has 1 N–H and O–H groups in total. The Morgan fingerprint density at radius 1 is 1.29 bits per heavy atom. The van der Waals surface area contributed by atoms with E-state index in [1.807, 2.05) is 23.0 Å². The molecule has 0 saturated carbocycles. The predicted octanol–water partition coefficient (Wildman–Crippen LogP) is 4.94. The van der Waals surface area contributed by atoms with E-state index in [2.05, 4.69) is 34.9 Å². The lowest BCUT2D eigenvalue weighted by Gasteiger charge is -2.14. The van der Waals surface area contributed by atoms with Crippen molar-refractivity contribution in [3.63, 3.8) is 0 Å². The number of aromatic nitrogens is 2. The molecule has 0 bridgehead atoms. The maximum Gasteiger partial charge on any atom is 0.0857 e. The molecule has 3 nitrogen and oxygen atoms in total. The molecule has 2 aromatic rings. The maximum atomic E-state index is 10.4. The van der Waals surface area contributed by atoms with E-state index < -0.39 is 6.10 Å². The Balaban J connectivity index is 2.12. The van der Waals surface area contributed by atoms with E-state index in [0.717, 1.165) is 28.6 Å². The zero-order chi connectivity index (χ0) is 15.4. The second-order valence-electron chi connectivity index (χ2n) is 5.14. The molecular formula is C16H20BrClN2O. The van der Waals surface area contributed by atoms with Crippen LogP contribution in [-0.2, 0) is 6.42 Å². The summed E-state index contributed by atoms with van der Waals surface area (Å²) in [7, 11) is 0. The first kappa shape index (κ1) is 16.5. The molecule has 2 rings (SSSR count). The highest BCUT2D eigenvalue weighted by Gasteiger charge is 2.15. The van der Waals surface area contributed by atoms with Crippen molar-refractivity contribution in [2.75, 3.05) is 0 Å². The summed E-state index contributed by atoms with van der Waals surface area (Å²) in [6.07, 6.45) is 3.96. The number of hydrogen-bond acceptors (Lipinski definition) is 2. The molecule has 0 aliphatic heterocycles. The summed E-state index contributed by atoms with van der Waals surface area (Å²) in [5.74, 6) is 0. The van der Waals surface area contributed by atoms with Gasteiger partial charge in [-0.1, -0.05) is 41.4 Å². The molecule has 0 aliphatic rings. The molecule has 0 radical (unpaired) electrons. The minimum Gasteiger partial charge on any atom is -0.388 e. The molecule has 0 amide bonds. The van der Waals surface area contributed by atoms with Gasteiger partial charge in [0.1, 0.15) is 0 Å². The van der Waals surface area contributed by atoms with Crippen molar-refractivity contribution < 1.29 is 5.11 Å². The Kier molecular flexibility index (Phi) is 5.85. The van der Waals surface area contributed by atoms with Crippen molar-refractivity contribution in [3.05, 3.63) is 51.2 Å². The second kappa shape index (κ2) is 7.43. The standard InChI is InChI=1S/C16H20BrClN2O/c1-3-13(4-2)20-8-7-12(19-20)10-16(21)14-9-11(18)5-6-15(14)17/h5-9,13,16,21H,3-4,10H2,1-2H3. The van der Waals surface area contributed by atoms with Gasteiger partial charge in [-0.25, -0.2) is 0 Å². The van der Waals surface area contributed by atoms with Crippen molar-refractivity contribution >= 4 is 27.5 Å². The van der Waals surface area contributed by atoms with Gasteiger partial charge >= 0.3 is 0 Å². The van der Waals surface area contributed by atoms with Gasteiger partial charge in [0.05, 0.1) is 17.8 Å². The van der Waals surface area contributed by atoms with Gasteiger partial charge < -0.3 is 5.11 Å². The topological polar surface area (TPSA) is 38.0 Å². The van der Waals surface area contributed by atoms with Crippen LogP contribution in [-0.4, -0.2) is 14.9 Å². The van der Waals surface area contributed by atoms with E-state index in [-0.39, 0.29) is 0 Å². The normalized spacial score (nSPS) is 12.9. The molecule has 0 aliphatic carbocycles. The van der Waals surface area contributed by atoms with Crippen molar-refractivity contribution in [2.45, 2.75) is 45.3 Å². The van der Waals surface area contributed by atoms with Gasteiger partial charge in [-0.15, -0.1) is 0 Å². The number of hydrogen-bond donors (Lipinski definition) is 1. The molecule has 21 heavy (non-hydrogen) atoms. The number of halogens is 2. The zero-order valence-corrected chi connectivity index (χ0v) is 14.6. The van der Waals surface area contributed by atoms with Gasteiger partial charge in [-0.05, 0) is 42.7 Å². The molecule has 1 aromatic heterocycles. The average Bonchev–Trinajstić information content (AvgIpc) is 2.91. The first-order valence-electron chi connectivity index (χ1n) is 7.22. The fourth-order valence-corrected chi connectivity index (χ4v) is 3.12. The molecule has 1 unspecified atom stereocenters. The Labute approximate surface area is 139 Å². The van der Waals surface area contributed by atoms with Gasteiger partial charge in [0.15, 0.2) is 0 Å². The molecule has 5 heteroatoms. The van der Waals surface area contributed by atoms with Gasteiger partial charge in [0.25, 0.3) is 0 Å². The summed E-state index contributed by atoms with van der Waals surface area (Å²) in [5.41, 5.74) is 1.68. The third-order valence-electron chi connectivity index (χ3n) is 3.70. The maximum absolute atomic E-state index is 10.4. The van der Waals surface area contributed by atoms with Crippen LogP contribution >= 0.6 is 27.5 Å². The van der Waals surface area contributed by atoms with Crippen LogP contribution in [0.25, 0.3) is 0 Å². The molecule has 1 aromatic carbocycles.